The van der Waals surface area contributed by atoms with Crippen LogP contribution in [0.4, 0.5) is 4.39 Å². The van der Waals surface area contributed by atoms with E-state index in [4.69, 9.17) is 4.74 Å². The zero-order valence-electron chi connectivity index (χ0n) is 19.9. The Labute approximate surface area is 203 Å². The van der Waals surface area contributed by atoms with Crippen molar-refractivity contribution >= 4 is 21.6 Å². The molecular formula is C26H26FN3O4S. The van der Waals surface area contributed by atoms with Gasteiger partial charge in [-0.3, -0.25) is 0 Å². The number of hydrogen-bond acceptors (Lipinski definition) is 5. The first-order chi connectivity index (χ1) is 16.5. The third kappa shape index (κ3) is 5.11. The molecule has 0 radical (unpaired) electrons. The van der Waals surface area contributed by atoms with Crippen LogP contribution in [0.2, 0.25) is 0 Å². The molecule has 0 saturated carbocycles. The van der Waals surface area contributed by atoms with Crippen molar-refractivity contribution in [3.05, 3.63) is 78.4 Å². The van der Waals surface area contributed by atoms with Crippen molar-refractivity contribution in [1.29, 1.82) is 0 Å². The monoisotopic (exact) mass is 495 g/mol. The number of hydrogen-bond donors (Lipinski definition) is 1. The Balaban J connectivity index is 1.76. The van der Waals surface area contributed by atoms with Crippen molar-refractivity contribution in [2.45, 2.75) is 38.1 Å². The van der Waals surface area contributed by atoms with Crippen molar-refractivity contribution in [1.82, 2.24) is 14.1 Å². The van der Waals surface area contributed by atoms with Crippen molar-refractivity contribution in [2.75, 3.05) is 6.61 Å². The van der Waals surface area contributed by atoms with Gasteiger partial charge in [-0.1, -0.05) is 24.3 Å². The summed E-state index contributed by atoms with van der Waals surface area (Å²) >= 11 is 0. The van der Waals surface area contributed by atoms with Gasteiger partial charge < -0.3 is 9.14 Å². The smallest absolute Gasteiger partial charge is 0.341 e. The molecule has 0 saturated heterocycles. The molecule has 1 N–H and O–H groups in total. The molecular weight excluding hydrogens is 469 g/mol. The lowest BCUT2D eigenvalue weighted by Crippen LogP contribution is -2.40. The summed E-state index contributed by atoms with van der Waals surface area (Å²) < 4.78 is 50.7. The number of rotatable bonds is 6. The number of nitrogens with zero attached hydrogens (tertiary/aromatic N) is 2. The fourth-order valence-corrected chi connectivity index (χ4v) is 5.45. The highest BCUT2D eigenvalue weighted by molar-refractivity contribution is 7.89. The summed E-state index contributed by atoms with van der Waals surface area (Å²) in [6.07, 6.45) is 3.34. The minimum Gasteiger partial charge on any atom is -0.462 e. The topological polar surface area (TPSA) is 89.8 Å². The standard InChI is InChI=1S/C26H26FN3O4S/c1-5-34-25(31)20-10-8-14-30-16-22(28-24(20)30)19-13-12-17(15-21(19)27)18-9-6-7-11-23(18)35(32,33)29-26(2,3)4/h6-16,29H,5H2,1-4H3. The zero-order chi connectivity index (χ0) is 25.4. The second-order valence-corrected chi connectivity index (χ2v) is 10.7. The van der Waals surface area contributed by atoms with Gasteiger partial charge in [0.1, 0.15) is 11.4 Å². The molecule has 0 bridgehead atoms. The summed E-state index contributed by atoms with van der Waals surface area (Å²) in [5.41, 5.74) is 1.32. The molecule has 0 spiro atoms. The molecule has 0 aliphatic rings. The first kappa shape index (κ1) is 24.6. The van der Waals surface area contributed by atoms with Gasteiger partial charge in [-0.05, 0) is 63.6 Å². The highest BCUT2D eigenvalue weighted by atomic mass is 32.2. The predicted octanol–water partition coefficient (Wildman–Crippen LogP) is 5.06. The summed E-state index contributed by atoms with van der Waals surface area (Å²) in [7, 11) is -3.84. The van der Waals surface area contributed by atoms with Gasteiger partial charge in [-0.15, -0.1) is 0 Å². The van der Waals surface area contributed by atoms with E-state index in [9.17, 15) is 13.2 Å². The van der Waals surface area contributed by atoms with E-state index in [1.165, 1.54) is 12.1 Å². The molecule has 4 aromatic rings. The van der Waals surface area contributed by atoms with Crippen LogP contribution in [-0.2, 0) is 14.8 Å². The number of carbonyl (C=O) groups excluding carboxylic acids is 1. The van der Waals surface area contributed by atoms with Crippen molar-refractivity contribution < 1.29 is 22.3 Å². The Hall–Kier alpha value is -3.56. The van der Waals surface area contributed by atoms with Crippen LogP contribution in [0.5, 0.6) is 0 Å². The van der Waals surface area contributed by atoms with Crippen LogP contribution in [0.15, 0.2) is 71.9 Å². The van der Waals surface area contributed by atoms with E-state index >= 15 is 4.39 Å². The van der Waals surface area contributed by atoms with E-state index in [2.05, 4.69) is 9.71 Å². The number of nitrogens with one attached hydrogen (secondary N) is 1. The summed E-state index contributed by atoms with van der Waals surface area (Å²) in [4.78, 5) is 16.8. The number of esters is 1. The van der Waals surface area contributed by atoms with Crippen LogP contribution >= 0.6 is 0 Å². The van der Waals surface area contributed by atoms with Gasteiger partial charge in [0.2, 0.25) is 10.0 Å². The quantitative estimate of drug-likeness (QED) is 0.378. The second kappa shape index (κ2) is 9.24. The van der Waals surface area contributed by atoms with Crippen molar-refractivity contribution in [2.24, 2.45) is 0 Å². The fourth-order valence-electron chi connectivity index (χ4n) is 3.80. The van der Waals surface area contributed by atoms with Crippen LogP contribution in [-0.4, -0.2) is 35.9 Å². The van der Waals surface area contributed by atoms with Crippen LogP contribution in [0, 0.1) is 5.82 Å². The number of sulfonamides is 1. The van der Waals surface area contributed by atoms with Gasteiger partial charge in [0, 0.05) is 29.1 Å². The third-order valence-corrected chi connectivity index (χ3v) is 6.97. The van der Waals surface area contributed by atoms with E-state index in [1.807, 2.05) is 0 Å². The number of pyridine rings is 1. The van der Waals surface area contributed by atoms with Crippen LogP contribution in [0.3, 0.4) is 0 Å². The number of halogens is 1. The van der Waals surface area contributed by atoms with E-state index in [-0.39, 0.29) is 22.6 Å². The number of imidazole rings is 1. The Kier molecular flexibility index (Phi) is 6.48. The zero-order valence-corrected chi connectivity index (χ0v) is 20.7. The maximum atomic E-state index is 15.3. The van der Waals surface area contributed by atoms with Crippen molar-refractivity contribution in [3.8, 4) is 22.4 Å². The van der Waals surface area contributed by atoms with Gasteiger partial charge in [-0.2, -0.15) is 0 Å². The van der Waals surface area contributed by atoms with E-state index in [0.717, 1.165) is 0 Å². The number of fused-ring (bicyclic) bond motifs is 1. The van der Waals surface area contributed by atoms with E-state index in [0.29, 0.717) is 22.5 Å². The highest BCUT2D eigenvalue weighted by Gasteiger charge is 2.25. The van der Waals surface area contributed by atoms with E-state index in [1.54, 1.807) is 87.0 Å². The maximum Gasteiger partial charge on any atom is 0.341 e. The van der Waals surface area contributed by atoms with Gasteiger partial charge in [0.25, 0.3) is 0 Å². The number of aromatic nitrogens is 2. The summed E-state index contributed by atoms with van der Waals surface area (Å²) in [6.45, 7) is 7.21. The summed E-state index contributed by atoms with van der Waals surface area (Å²) in [5.74, 6) is -1.08. The number of benzene rings is 2. The molecule has 182 valence electrons. The minimum absolute atomic E-state index is 0.0638. The molecule has 0 amide bonds. The lowest BCUT2D eigenvalue weighted by molar-refractivity contribution is 0.0528. The molecule has 0 fully saturated rings. The maximum absolute atomic E-state index is 15.3. The molecule has 9 heteroatoms. The average Bonchev–Trinajstić information content (AvgIpc) is 3.21. The SMILES string of the molecule is CCOC(=O)c1cccn2cc(-c3ccc(-c4ccccc4S(=O)(=O)NC(C)(C)C)cc3F)nc12. The minimum atomic E-state index is -3.84. The van der Waals surface area contributed by atoms with Crippen molar-refractivity contribution in [3.63, 3.8) is 0 Å². The Morgan fingerprint density at radius 3 is 2.51 bits per heavy atom. The van der Waals surface area contributed by atoms with Gasteiger partial charge in [0.05, 0.1) is 17.2 Å². The summed E-state index contributed by atoms with van der Waals surface area (Å²) in [6, 6.07) is 14.3. The second-order valence-electron chi connectivity index (χ2n) is 9.05. The molecule has 2 aromatic carbocycles. The lowest BCUT2D eigenvalue weighted by atomic mass is 10.0. The first-order valence-electron chi connectivity index (χ1n) is 11.1. The van der Waals surface area contributed by atoms with Gasteiger partial charge in [0.15, 0.2) is 5.65 Å². The molecule has 7 nitrogen and oxygen atoms in total. The molecule has 35 heavy (non-hydrogen) atoms. The van der Waals surface area contributed by atoms with Gasteiger partial charge in [-0.25, -0.2) is 27.3 Å². The van der Waals surface area contributed by atoms with Crippen LogP contribution < -0.4 is 4.72 Å². The third-order valence-electron chi connectivity index (χ3n) is 5.15. The molecule has 2 heterocycles. The first-order valence-corrected chi connectivity index (χ1v) is 12.6. The number of carbonyl (C=O) groups is 1. The summed E-state index contributed by atoms with van der Waals surface area (Å²) in [5, 5.41) is 0. The molecule has 0 aliphatic heterocycles. The van der Waals surface area contributed by atoms with Crippen LogP contribution in [0.1, 0.15) is 38.1 Å². The highest BCUT2D eigenvalue weighted by Crippen LogP contribution is 2.32. The molecule has 4 rings (SSSR count). The average molecular weight is 496 g/mol. The molecule has 2 aromatic heterocycles. The molecule has 0 unspecified atom stereocenters. The van der Waals surface area contributed by atoms with Gasteiger partial charge >= 0.3 is 5.97 Å². The molecule has 0 aliphatic carbocycles. The Morgan fingerprint density at radius 2 is 1.83 bits per heavy atom. The Bertz CT molecular complexity index is 1520. The normalized spacial score (nSPS) is 12.1. The van der Waals surface area contributed by atoms with Crippen LogP contribution in [0.25, 0.3) is 28.0 Å². The fraction of sp³-hybridized carbons (Fsp3) is 0.231. The Morgan fingerprint density at radius 1 is 1.09 bits per heavy atom. The van der Waals surface area contributed by atoms with E-state index < -0.39 is 27.3 Å². The molecule has 0 atom stereocenters. The lowest BCUT2D eigenvalue weighted by Gasteiger charge is -2.21. The largest absolute Gasteiger partial charge is 0.462 e. The number of ether oxygens (including phenoxy) is 1. The predicted molar refractivity (Wildman–Crippen MR) is 132 cm³/mol.